The zero-order chi connectivity index (χ0) is 10.8. The lowest BCUT2D eigenvalue weighted by atomic mass is 9.91. The summed E-state index contributed by atoms with van der Waals surface area (Å²) in [6, 6.07) is 4.42. The van der Waals surface area contributed by atoms with E-state index in [9.17, 15) is 0 Å². The molecule has 80 valence electrons. The molecule has 1 aromatic carbocycles. The first-order valence-corrected chi connectivity index (χ1v) is 5.68. The molecule has 1 aromatic rings. The summed E-state index contributed by atoms with van der Waals surface area (Å²) in [6.07, 6.45) is 6.05. The molecule has 0 amide bonds. The van der Waals surface area contributed by atoms with Gasteiger partial charge >= 0.3 is 0 Å². The van der Waals surface area contributed by atoms with Crippen LogP contribution in [0.25, 0.3) is 0 Å². The Kier molecular flexibility index (Phi) is 2.81. The molecule has 2 rings (SSSR count). The van der Waals surface area contributed by atoms with E-state index in [0.717, 1.165) is 18.6 Å². The van der Waals surface area contributed by atoms with Crippen LogP contribution in [0.1, 0.15) is 42.9 Å². The number of hydrogen-bond acceptors (Lipinski definition) is 1. The van der Waals surface area contributed by atoms with Crippen LogP contribution in [0.3, 0.4) is 0 Å². The monoisotopic (exact) mass is 202 g/mol. The van der Waals surface area contributed by atoms with Crippen molar-refractivity contribution in [2.75, 3.05) is 0 Å². The van der Waals surface area contributed by atoms with Gasteiger partial charge in [0.05, 0.1) is 6.26 Å². The van der Waals surface area contributed by atoms with E-state index in [1.165, 1.54) is 16.7 Å². The maximum atomic E-state index is 5.68. The van der Waals surface area contributed by atoms with Gasteiger partial charge in [-0.2, -0.15) is 0 Å². The molecule has 1 unspecified atom stereocenters. The van der Waals surface area contributed by atoms with E-state index in [2.05, 4.69) is 39.0 Å². The number of ether oxygens (including phenoxy) is 1. The van der Waals surface area contributed by atoms with Crippen molar-refractivity contribution in [2.45, 2.75) is 39.5 Å². The Morgan fingerprint density at radius 2 is 2.20 bits per heavy atom. The van der Waals surface area contributed by atoms with Crippen molar-refractivity contribution in [3.63, 3.8) is 0 Å². The van der Waals surface area contributed by atoms with Gasteiger partial charge in [-0.3, -0.25) is 0 Å². The molecule has 0 spiro atoms. The number of allylic oxidation sites excluding steroid dienone is 1. The van der Waals surface area contributed by atoms with E-state index in [0.29, 0.717) is 5.92 Å². The highest BCUT2D eigenvalue weighted by Crippen LogP contribution is 2.36. The van der Waals surface area contributed by atoms with Crippen LogP contribution in [0, 0.1) is 6.92 Å². The highest BCUT2D eigenvalue weighted by Gasteiger charge is 2.17. The third-order valence-corrected chi connectivity index (χ3v) is 3.27. The highest BCUT2D eigenvalue weighted by atomic mass is 16.5. The molecule has 0 radical (unpaired) electrons. The standard InChI is InChI=1S/C14H18O/c1-4-10(2)13-8-7-11(3)12-6-5-9-15-14(12)13/h5,7-10H,4,6H2,1-3H3. The quantitative estimate of drug-likeness (QED) is 0.705. The van der Waals surface area contributed by atoms with Crippen LogP contribution in [-0.4, -0.2) is 0 Å². The van der Waals surface area contributed by atoms with Gasteiger partial charge in [-0.05, 0) is 42.9 Å². The Hall–Kier alpha value is -1.24. The molecule has 1 aliphatic heterocycles. The minimum Gasteiger partial charge on any atom is -0.465 e. The molecular weight excluding hydrogens is 184 g/mol. The van der Waals surface area contributed by atoms with Crippen LogP contribution >= 0.6 is 0 Å². The van der Waals surface area contributed by atoms with Crippen molar-refractivity contribution < 1.29 is 4.74 Å². The molecule has 15 heavy (non-hydrogen) atoms. The molecule has 1 aliphatic rings. The smallest absolute Gasteiger partial charge is 0.133 e. The van der Waals surface area contributed by atoms with Gasteiger partial charge in [-0.15, -0.1) is 0 Å². The minimum absolute atomic E-state index is 0.575. The normalized spacial score (nSPS) is 15.7. The second kappa shape index (κ2) is 4.09. The lowest BCUT2D eigenvalue weighted by Crippen LogP contribution is -2.04. The Morgan fingerprint density at radius 1 is 1.40 bits per heavy atom. The maximum absolute atomic E-state index is 5.68. The van der Waals surface area contributed by atoms with Crippen molar-refractivity contribution in [3.05, 3.63) is 41.2 Å². The summed E-state index contributed by atoms with van der Waals surface area (Å²) >= 11 is 0. The number of aryl methyl sites for hydroxylation is 1. The number of benzene rings is 1. The summed E-state index contributed by atoms with van der Waals surface area (Å²) in [5, 5.41) is 0. The van der Waals surface area contributed by atoms with Crippen LogP contribution < -0.4 is 4.74 Å². The van der Waals surface area contributed by atoms with Crippen molar-refractivity contribution >= 4 is 0 Å². The van der Waals surface area contributed by atoms with Crippen LogP contribution in [0.5, 0.6) is 5.75 Å². The molecule has 0 aliphatic carbocycles. The third kappa shape index (κ3) is 1.79. The molecule has 0 N–H and O–H groups in total. The highest BCUT2D eigenvalue weighted by molar-refractivity contribution is 5.50. The maximum Gasteiger partial charge on any atom is 0.133 e. The van der Waals surface area contributed by atoms with Gasteiger partial charge < -0.3 is 4.74 Å². The minimum atomic E-state index is 0.575. The fourth-order valence-electron chi connectivity index (χ4n) is 2.03. The Labute approximate surface area is 91.8 Å². The summed E-state index contributed by atoms with van der Waals surface area (Å²) in [7, 11) is 0. The first-order chi connectivity index (χ1) is 7.24. The van der Waals surface area contributed by atoms with Gasteiger partial charge in [-0.1, -0.05) is 26.0 Å². The molecule has 1 nitrogen and oxygen atoms in total. The zero-order valence-electron chi connectivity index (χ0n) is 9.71. The molecule has 0 saturated carbocycles. The molecule has 0 saturated heterocycles. The molecule has 0 aromatic heterocycles. The third-order valence-electron chi connectivity index (χ3n) is 3.27. The molecule has 1 atom stereocenters. The largest absolute Gasteiger partial charge is 0.465 e. The fourth-order valence-corrected chi connectivity index (χ4v) is 2.03. The Balaban J connectivity index is 2.50. The van der Waals surface area contributed by atoms with Gasteiger partial charge in [0.2, 0.25) is 0 Å². The summed E-state index contributed by atoms with van der Waals surface area (Å²) in [4.78, 5) is 0. The molecule has 1 heterocycles. The first kappa shape index (κ1) is 10.3. The van der Waals surface area contributed by atoms with Crippen molar-refractivity contribution in [1.82, 2.24) is 0 Å². The van der Waals surface area contributed by atoms with Crippen LogP contribution in [0.4, 0.5) is 0 Å². The van der Waals surface area contributed by atoms with Crippen molar-refractivity contribution in [3.8, 4) is 5.75 Å². The lowest BCUT2D eigenvalue weighted by molar-refractivity contribution is 0.452. The number of hydrogen-bond donors (Lipinski definition) is 0. The van der Waals surface area contributed by atoms with Gasteiger partial charge in [0.25, 0.3) is 0 Å². The van der Waals surface area contributed by atoms with E-state index < -0.39 is 0 Å². The summed E-state index contributed by atoms with van der Waals surface area (Å²) in [5.41, 5.74) is 4.04. The summed E-state index contributed by atoms with van der Waals surface area (Å²) < 4.78 is 5.68. The molecular formula is C14H18O. The van der Waals surface area contributed by atoms with E-state index in [4.69, 9.17) is 4.74 Å². The molecule has 0 bridgehead atoms. The Morgan fingerprint density at radius 3 is 2.93 bits per heavy atom. The van der Waals surface area contributed by atoms with Gasteiger partial charge in [0.1, 0.15) is 5.75 Å². The van der Waals surface area contributed by atoms with Crippen molar-refractivity contribution in [1.29, 1.82) is 0 Å². The predicted octanol–water partition coefficient (Wildman–Crippen LogP) is 3.96. The second-order valence-corrected chi connectivity index (χ2v) is 4.28. The van der Waals surface area contributed by atoms with Crippen LogP contribution in [0.2, 0.25) is 0 Å². The van der Waals surface area contributed by atoms with E-state index in [1.807, 2.05) is 6.26 Å². The van der Waals surface area contributed by atoms with E-state index in [-0.39, 0.29) is 0 Å². The fraction of sp³-hybridized carbons (Fsp3) is 0.429. The van der Waals surface area contributed by atoms with Crippen molar-refractivity contribution in [2.24, 2.45) is 0 Å². The van der Waals surface area contributed by atoms with Gasteiger partial charge in [0, 0.05) is 5.56 Å². The Bertz CT molecular complexity index is 391. The number of rotatable bonds is 2. The van der Waals surface area contributed by atoms with Crippen LogP contribution in [-0.2, 0) is 6.42 Å². The number of fused-ring (bicyclic) bond motifs is 1. The topological polar surface area (TPSA) is 9.23 Å². The summed E-state index contributed by atoms with van der Waals surface area (Å²) in [5.74, 6) is 1.68. The SMILES string of the molecule is CCC(C)c1ccc(C)c2c1OC=CC2. The summed E-state index contributed by atoms with van der Waals surface area (Å²) in [6.45, 7) is 6.63. The van der Waals surface area contributed by atoms with Gasteiger partial charge in [-0.25, -0.2) is 0 Å². The van der Waals surface area contributed by atoms with Crippen LogP contribution in [0.15, 0.2) is 24.5 Å². The average molecular weight is 202 g/mol. The van der Waals surface area contributed by atoms with E-state index in [1.54, 1.807) is 0 Å². The first-order valence-electron chi connectivity index (χ1n) is 5.68. The predicted molar refractivity (Wildman–Crippen MR) is 63.4 cm³/mol. The molecule has 0 fully saturated rings. The van der Waals surface area contributed by atoms with Gasteiger partial charge in [0.15, 0.2) is 0 Å². The second-order valence-electron chi connectivity index (χ2n) is 4.28. The molecule has 1 heteroatoms. The van der Waals surface area contributed by atoms with E-state index >= 15 is 0 Å². The average Bonchev–Trinajstić information content (AvgIpc) is 2.29. The zero-order valence-corrected chi connectivity index (χ0v) is 9.71. The lowest BCUT2D eigenvalue weighted by Gasteiger charge is -2.21.